The molecular weight excluding hydrogens is 299 g/mol. The summed E-state index contributed by atoms with van der Waals surface area (Å²) in [7, 11) is 0. The highest BCUT2D eigenvalue weighted by molar-refractivity contribution is 7.79. The normalized spacial score (nSPS) is 11.7. The van der Waals surface area contributed by atoms with Gasteiger partial charge in [-0.05, 0) is 43.7 Å². The maximum Gasteiger partial charge on any atom is 0.343 e. The maximum atomic E-state index is 11.6. The molecule has 0 rings (SSSR count). The molecule has 0 saturated heterocycles. The van der Waals surface area contributed by atoms with Gasteiger partial charge < -0.3 is 10.2 Å². The van der Waals surface area contributed by atoms with E-state index in [9.17, 15) is 19.8 Å². The first-order valence-corrected chi connectivity index (χ1v) is 10.8. The van der Waals surface area contributed by atoms with E-state index in [2.05, 4.69) is 27.7 Å². The molecule has 5 heteroatoms. The monoisotopic (exact) mass is 332 g/mol. The average molecular weight is 332 g/mol. The molecule has 0 aliphatic heterocycles. The van der Waals surface area contributed by atoms with E-state index < -0.39 is 18.8 Å². The molecule has 0 fully saturated rings. The second-order valence-electron chi connectivity index (χ2n) is 6.52. The molecule has 0 spiro atoms. The Morgan fingerprint density at radius 2 is 1.27 bits per heavy atom. The van der Waals surface area contributed by atoms with E-state index in [1.54, 1.807) is 0 Å². The van der Waals surface area contributed by atoms with Crippen molar-refractivity contribution in [1.29, 1.82) is 0 Å². The fourth-order valence-corrected chi connectivity index (χ4v) is 7.68. The van der Waals surface area contributed by atoms with Gasteiger partial charge in [-0.25, -0.2) is 9.59 Å². The Kier molecular flexibility index (Phi) is 10.5. The molecule has 0 bridgehead atoms. The van der Waals surface area contributed by atoms with E-state index in [-0.39, 0.29) is 5.29 Å². The zero-order valence-electron chi connectivity index (χ0n) is 14.6. The highest BCUT2D eigenvalue weighted by atomic mass is 31.2. The van der Waals surface area contributed by atoms with Crippen LogP contribution in [0.15, 0.2) is 0 Å². The fourth-order valence-electron chi connectivity index (χ4n) is 2.89. The minimum absolute atomic E-state index is 0.182. The maximum absolute atomic E-state index is 11.6. The molecule has 4 nitrogen and oxygen atoms in total. The lowest BCUT2D eigenvalue weighted by Crippen LogP contribution is -2.28. The molecule has 0 amide bonds. The van der Waals surface area contributed by atoms with E-state index in [1.807, 2.05) is 0 Å². The van der Waals surface area contributed by atoms with Gasteiger partial charge in [-0.1, -0.05) is 53.8 Å². The van der Waals surface area contributed by atoms with Gasteiger partial charge in [0.15, 0.2) is 0 Å². The van der Waals surface area contributed by atoms with Crippen LogP contribution < -0.4 is 0 Å². The number of hydrogen-bond acceptors (Lipinski definition) is 2. The minimum Gasteiger partial charge on any atom is -0.477 e. The summed E-state index contributed by atoms with van der Waals surface area (Å²) in [6, 6.07) is 0. The third-order valence-corrected chi connectivity index (χ3v) is 8.97. The molecule has 130 valence electrons. The van der Waals surface area contributed by atoms with Gasteiger partial charge in [0.05, 0.1) is 0 Å². The number of carboxylic acids is 2. The molecule has 0 heterocycles. The summed E-state index contributed by atoms with van der Waals surface area (Å²) in [5, 5.41) is 18.8. The molecule has 0 aliphatic carbocycles. The Labute approximate surface area is 135 Å². The Morgan fingerprint density at radius 3 is 1.59 bits per heavy atom. The summed E-state index contributed by atoms with van der Waals surface area (Å²) in [4.78, 5) is 23.2. The van der Waals surface area contributed by atoms with Crippen molar-refractivity contribution in [1.82, 2.24) is 0 Å². The van der Waals surface area contributed by atoms with Crippen molar-refractivity contribution in [2.75, 3.05) is 18.5 Å². The minimum atomic E-state index is -2.09. The summed E-state index contributed by atoms with van der Waals surface area (Å²) in [6.07, 6.45) is 8.08. The van der Waals surface area contributed by atoms with Crippen molar-refractivity contribution in [2.45, 2.75) is 66.2 Å². The van der Waals surface area contributed by atoms with Crippen molar-refractivity contribution in [3.8, 4) is 0 Å². The van der Waals surface area contributed by atoms with Crippen molar-refractivity contribution in [2.24, 2.45) is 5.92 Å². The molecule has 0 atom stereocenters. The van der Waals surface area contributed by atoms with Gasteiger partial charge in [0.25, 0.3) is 0 Å². The van der Waals surface area contributed by atoms with Crippen molar-refractivity contribution in [3.63, 3.8) is 0 Å². The highest BCUT2D eigenvalue weighted by Gasteiger charge is 2.31. The van der Waals surface area contributed by atoms with E-state index in [4.69, 9.17) is 0 Å². The number of rotatable bonds is 12. The van der Waals surface area contributed by atoms with Crippen LogP contribution >= 0.6 is 6.89 Å². The smallest absolute Gasteiger partial charge is 0.343 e. The van der Waals surface area contributed by atoms with E-state index >= 15 is 0 Å². The summed E-state index contributed by atoms with van der Waals surface area (Å²) >= 11 is 0. The lowest BCUT2D eigenvalue weighted by Gasteiger charge is -2.28. The van der Waals surface area contributed by atoms with Crippen LogP contribution in [0.5, 0.6) is 0 Å². The molecule has 22 heavy (non-hydrogen) atoms. The summed E-state index contributed by atoms with van der Waals surface area (Å²) in [5.74, 6) is -1.85. The van der Waals surface area contributed by atoms with Gasteiger partial charge in [0.2, 0.25) is 0 Å². The summed E-state index contributed by atoms with van der Waals surface area (Å²) in [5.41, 5.74) is 0. The zero-order valence-corrected chi connectivity index (χ0v) is 15.5. The van der Waals surface area contributed by atoms with Crippen LogP contribution in [0.2, 0.25) is 0 Å². The summed E-state index contributed by atoms with van der Waals surface area (Å²) < 4.78 is 0. The molecule has 0 aliphatic rings. The van der Waals surface area contributed by atoms with E-state index in [0.717, 1.165) is 57.0 Å². The molecule has 0 unspecified atom stereocenters. The van der Waals surface area contributed by atoms with Crippen LogP contribution in [0.3, 0.4) is 0 Å². The predicted molar refractivity (Wildman–Crippen MR) is 95.7 cm³/mol. The Morgan fingerprint density at radius 1 is 0.864 bits per heavy atom. The van der Waals surface area contributed by atoms with Gasteiger partial charge in [0, 0.05) is 0 Å². The Hall–Kier alpha value is -0.760. The SMILES string of the molecule is CCCCP(CCCC)(CCCC(C)C)=C(C(=O)O)C(=O)O. The second-order valence-corrected chi connectivity index (χ2v) is 10.6. The van der Waals surface area contributed by atoms with Gasteiger partial charge in [0.1, 0.15) is 5.29 Å². The fraction of sp³-hybridized carbons (Fsp3) is 0.824. The quantitative estimate of drug-likeness (QED) is 0.411. The zero-order chi connectivity index (χ0) is 17.2. The third kappa shape index (κ3) is 7.00. The van der Waals surface area contributed by atoms with Crippen LogP contribution in [0.1, 0.15) is 66.2 Å². The molecule has 0 radical (unpaired) electrons. The standard InChI is InChI=1S/C17H33O4P/c1-5-7-11-22(12-8-6-2,13-9-10-14(3)4)15(16(18)19)17(20)21/h14H,5-13H2,1-4H3,(H,18,19)(H,20,21). The Bertz CT molecular complexity index is 385. The predicted octanol–water partition coefficient (Wildman–Crippen LogP) is 4.38. The molecule has 0 aromatic heterocycles. The number of hydrogen-bond donors (Lipinski definition) is 2. The largest absolute Gasteiger partial charge is 0.477 e. The number of aliphatic carboxylic acids is 2. The topological polar surface area (TPSA) is 74.6 Å². The van der Waals surface area contributed by atoms with E-state index in [0.29, 0.717) is 5.92 Å². The molecule has 2 N–H and O–H groups in total. The average Bonchev–Trinajstić information content (AvgIpc) is 2.41. The number of carbonyl (C=O) groups is 2. The Balaban J connectivity index is 5.74. The first kappa shape index (κ1) is 21.2. The van der Waals surface area contributed by atoms with Crippen LogP contribution in [0.4, 0.5) is 0 Å². The number of unbranched alkanes of at least 4 members (excludes halogenated alkanes) is 2. The first-order chi connectivity index (χ1) is 10.3. The van der Waals surface area contributed by atoms with Gasteiger partial charge >= 0.3 is 11.9 Å². The van der Waals surface area contributed by atoms with Crippen molar-refractivity contribution >= 4 is 24.1 Å². The van der Waals surface area contributed by atoms with Gasteiger partial charge in [-0.2, -0.15) is 0 Å². The van der Waals surface area contributed by atoms with Crippen molar-refractivity contribution < 1.29 is 19.8 Å². The lowest BCUT2D eigenvalue weighted by atomic mass is 10.1. The molecular formula is C17H33O4P. The van der Waals surface area contributed by atoms with Gasteiger partial charge in [-0.3, -0.25) is 0 Å². The molecule has 0 saturated carbocycles. The molecule has 0 aromatic rings. The highest BCUT2D eigenvalue weighted by Crippen LogP contribution is 2.52. The van der Waals surface area contributed by atoms with Crippen LogP contribution in [0, 0.1) is 5.92 Å². The molecule has 0 aromatic carbocycles. The van der Waals surface area contributed by atoms with Crippen LogP contribution in [-0.2, 0) is 9.59 Å². The third-order valence-electron chi connectivity index (χ3n) is 4.13. The second kappa shape index (κ2) is 10.9. The summed E-state index contributed by atoms with van der Waals surface area (Å²) in [6.45, 7) is 6.36. The lowest BCUT2D eigenvalue weighted by molar-refractivity contribution is -0.134. The first-order valence-electron chi connectivity index (χ1n) is 8.50. The van der Waals surface area contributed by atoms with Crippen LogP contribution in [-0.4, -0.2) is 45.9 Å². The van der Waals surface area contributed by atoms with Gasteiger partial charge in [-0.15, -0.1) is 0 Å². The van der Waals surface area contributed by atoms with E-state index in [1.165, 1.54) is 0 Å². The van der Waals surface area contributed by atoms with Crippen molar-refractivity contribution in [3.05, 3.63) is 0 Å². The number of carboxylic acid groups (broad SMARTS) is 2. The van der Waals surface area contributed by atoms with Crippen LogP contribution in [0.25, 0.3) is 0 Å².